The summed E-state index contributed by atoms with van der Waals surface area (Å²) in [6.07, 6.45) is 3.24. The molecule has 0 unspecified atom stereocenters. The molecule has 0 aromatic carbocycles. The third-order valence-corrected chi connectivity index (χ3v) is 1.82. The molecule has 0 bridgehead atoms. The molecule has 15 heavy (non-hydrogen) atoms. The number of nitrogens with one attached hydrogen (secondary N) is 1. The maximum absolute atomic E-state index is 10.4. The van der Waals surface area contributed by atoms with Crippen LogP contribution >= 0.6 is 0 Å². The summed E-state index contributed by atoms with van der Waals surface area (Å²) < 4.78 is 1.62. The van der Waals surface area contributed by atoms with E-state index in [1.807, 2.05) is 0 Å². The fourth-order valence-electron chi connectivity index (χ4n) is 0.961. The minimum Gasteiger partial charge on any atom is -0.478 e. The number of aromatic nitrogens is 3. The van der Waals surface area contributed by atoms with Gasteiger partial charge < -0.3 is 10.4 Å². The van der Waals surface area contributed by atoms with Crippen molar-refractivity contribution in [2.45, 2.75) is 13.5 Å². The lowest BCUT2D eigenvalue weighted by atomic mass is 10.3. The van der Waals surface area contributed by atoms with Gasteiger partial charge in [-0.3, -0.25) is 4.68 Å². The average molecular weight is 210 g/mol. The zero-order valence-electron chi connectivity index (χ0n) is 8.77. The molecule has 0 fully saturated rings. The van der Waals surface area contributed by atoms with Crippen molar-refractivity contribution < 1.29 is 9.90 Å². The third-order valence-electron chi connectivity index (χ3n) is 1.82. The van der Waals surface area contributed by atoms with Gasteiger partial charge in [-0.05, 0) is 6.92 Å². The van der Waals surface area contributed by atoms with Crippen molar-refractivity contribution in [1.82, 2.24) is 20.1 Å². The predicted octanol–water partition coefficient (Wildman–Crippen LogP) is -0.0644. The smallest absolute Gasteiger partial charge is 0.330 e. The molecule has 0 spiro atoms. The lowest BCUT2D eigenvalue weighted by molar-refractivity contribution is -0.132. The summed E-state index contributed by atoms with van der Waals surface area (Å²) >= 11 is 0. The molecule has 0 amide bonds. The number of rotatable bonds is 5. The van der Waals surface area contributed by atoms with E-state index in [0.717, 1.165) is 0 Å². The number of hydrogen-bond acceptors (Lipinski definition) is 4. The molecule has 0 aliphatic carbocycles. The van der Waals surface area contributed by atoms with Crippen molar-refractivity contribution in [3.63, 3.8) is 0 Å². The van der Waals surface area contributed by atoms with Gasteiger partial charge in [-0.2, -0.15) is 5.10 Å². The first kappa shape index (κ1) is 11.4. The van der Waals surface area contributed by atoms with Gasteiger partial charge in [0.1, 0.15) is 6.33 Å². The number of carboxylic acids is 1. The van der Waals surface area contributed by atoms with Crippen LogP contribution in [0.25, 0.3) is 0 Å². The molecule has 0 aliphatic rings. The Kier molecular flexibility index (Phi) is 3.99. The number of nitrogens with zero attached hydrogens (tertiary/aromatic N) is 3. The number of carboxylic acid groups (broad SMARTS) is 1. The second-order valence-corrected chi connectivity index (χ2v) is 3.16. The highest BCUT2D eigenvalue weighted by Gasteiger charge is 1.99. The highest BCUT2D eigenvalue weighted by atomic mass is 16.4. The van der Waals surface area contributed by atoms with Crippen LogP contribution in [0.5, 0.6) is 0 Å². The van der Waals surface area contributed by atoms with E-state index in [-0.39, 0.29) is 0 Å². The van der Waals surface area contributed by atoms with Crippen LogP contribution < -0.4 is 5.32 Å². The van der Waals surface area contributed by atoms with Gasteiger partial charge in [0.2, 0.25) is 0 Å². The molecule has 1 aromatic heterocycles. The molecule has 6 heteroatoms. The standard InChI is InChI=1S/C9H14N4O2/c1-7(9(14)15)3-4-10-5-8-11-6-13(2)12-8/h3,6,10H,4-5H2,1-2H3,(H,14,15). The molecule has 0 saturated carbocycles. The second kappa shape index (κ2) is 5.26. The van der Waals surface area contributed by atoms with E-state index in [2.05, 4.69) is 15.4 Å². The second-order valence-electron chi connectivity index (χ2n) is 3.16. The van der Waals surface area contributed by atoms with Crippen molar-refractivity contribution in [2.75, 3.05) is 6.54 Å². The molecular weight excluding hydrogens is 196 g/mol. The molecule has 6 nitrogen and oxygen atoms in total. The van der Waals surface area contributed by atoms with E-state index in [9.17, 15) is 4.79 Å². The van der Waals surface area contributed by atoms with Crippen molar-refractivity contribution in [3.8, 4) is 0 Å². The van der Waals surface area contributed by atoms with Gasteiger partial charge in [0.25, 0.3) is 0 Å². The van der Waals surface area contributed by atoms with Crippen LogP contribution in [-0.4, -0.2) is 32.4 Å². The molecule has 0 saturated heterocycles. The number of aliphatic carboxylic acids is 1. The summed E-state index contributed by atoms with van der Waals surface area (Å²) in [5, 5.41) is 15.7. The average Bonchev–Trinajstić information content (AvgIpc) is 2.58. The van der Waals surface area contributed by atoms with Crippen LogP contribution in [0.2, 0.25) is 0 Å². The molecule has 1 heterocycles. The van der Waals surface area contributed by atoms with Crippen LogP contribution in [-0.2, 0) is 18.4 Å². The van der Waals surface area contributed by atoms with Crippen LogP contribution in [0.15, 0.2) is 18.0 Å². The highest BCUT2D eigenvalue weighted by Crippen LogP contribution is 1.91. The first-order chi connectivity index (χ1) is 7.09. The van der Waals surface area contributed by atoms with Gasteiger partial charge in [0.05, 0.1) is 6.54 Å². The Morgan fingerprint density at radius 1 is 1.73 bits per heavy atom. The largest absolute Gasteiger partial charge is 0.478 e. The molecule has 0 atom stereocenters. The lowest BCUT2D eigenvalue weighted by Crippen LogP contribution is -2.15. The van der Waals surface area contributed by atoms with E-state index >= 15 is 0 Å². The molecule has 0 radical (unpaired) electrons. The van der Waals surface area contributed by atoms with Gasteiger partial charge in [-0.1, -0.05) is 6.08 Å². The number of hydrogen-bond donors (Lipinski definition) is 2. The fourth-order valence-corrected chi connectivity index (χ4v) is 0.961. The van der Waals surface area contributed by atoms with Gasteiger partial charge in [0.15, 0.2) is 5.82 Å². The van der Waals surface area contributed by atoms with E-state index in [1.54, 1.807) is 31.1 Å². The third kappa shape index (κ3) is 3.90. The first-order valence-corrected chi connectivity index (χ1v) is 4.55. The van der Waals surface area contributed by atoms with Gasteiger partial charge in [-0.15, -0.1) is 0 Å². The zero-order chi connectivity index (χ0) is 11.3. The number of carbonyl (C=O) groups is 1. The Bertz CT molecular complexity index is 370. The SMILES string of the molecule is CC(=CCNCc1ncn(C)n1)C(=O)O. The molecule has 0 aliphatic heterocycles. The van der Waals surface area contributed by atoms with Gasteiger partial charge in [-0.25, -0.2) is 9.78 Å². The Morgan fingerprint density at radius 2 is 2.47 bits per heavy atom. The fraction of sp³-hybridized carbons (Fsp3) is 0.444. The molecular formula is C9H14N4O2. The van der Waals surface area contributed by atoms with E-state index in [0.29, 0.717) is 24.5 Å². The summed E-state index contributed by atoms with van der Waals surface area (Å²) in [6, 6.07) is 0. The van der Waals surface area contributed by atoms with Gasteiger partial charge >= 0.3 is 5.97 Å². The predicted molar refractivity (Wildman–Crippen MR) is 54.1 cm³/mol. The summed E-state index contributed by atoms with van der Waals surface area (Å²) in [5.74, 6) is -0.202. The Labute approximate surface area is 87.6 Å². The Balaban J connectivity index is 2.28. The van der Waals surface area contributed by atoms with Crippen LogP contribution in [0, 0.1) is 0 Å². The number of aryl methyl sites for hydroxylation is 1. The molecule has 1 aromatic rings. The highest BCUT2D eigenvalue weighted by molar-refractivity contribution is 5.85. The Morgan fingerprint density at radius 3 is 3.00 bits per heavy atom. The normalized spacial score (nSPS) is 11.7. The van der Waals surface area contributed by atoms with E-state index in [1.165, 1.54) is 0 Å². The van der Waals surface area contributed by atoms with Gasteiger partial charge in [0, 0.05) is 19.2 Å². The molecule has 2 N–H and O–H groups in total. The quantitative estimate of drug-likeness (QED) is 0.525. The van der Waals surface area contributed by atoms with E-state index in [4.69, 9.17) is 5.11 Å². The topological polar surface area (TPSA) is 80.0 Å². The lowest BCUT2D eigenvalue weighted by Gasteiger charge is -1.97. The van der Waals surface area contributed by atoms with Crippen molar-refractivity contribution in [3.05, 3.63) is 23.8 Å². The zero-order valence-corrected chi connectivity index (χ0v) is 8.77. The van der Waals surface area contributed by atoms with Crippen LogP contribution in [0.1, 0.15) is 12.7 Å². The summed E-state index contributed by atoms with van der Waals surface area (Å²) in [5.41, 5.74) is 0.330. The maximum Gasteiger partial charge on any atom is 0.330 e. The van der Waals surface area contributed by atoms with E-state index < -0.39 is 5.97 Å². The van der Waals surface area contributed by atoms with Crippen molar-refractivity contribution >= 4 is 5.97 Å². The maximum atomic E-state index is 10.4. The van der Waals surface area contributed by atoms with Crippen LogP contribution in [0.3, 0.4) is 0 Å². The summed E-state index contributed by atoms with van der Waals surface area (Å²) in [4.78, 5) is 14.5. The first-order valence-electron chi connectivity index (χ1n) is 4.55. The van der Waals surface area contributed by atoms with Crippen molar-refractivity contribution in [1.29, 1.82) is 0 Å². The molecule has 82 valence electrons. The summed E-state index contributed by atoms with van der Waals surface area (Å²) in [6.45, 7) is 2.59. The monoisotopic (exact) mass is 210 g/mol. The minimum absolute atomic E-state index is 0.330. The minimum atomic E-state index is -0.896. The summed E-state index contributed by atoms with van der Waals surface area (Å²) in [7, 11) is 1.80. The Hall–Kier alpha value is -1.69. The molecule has 1 rings (SSSR count). The van der Waals surface area contributed by atoms with Crippen LogP contribution in [0.4, 0.5) is 0 Å². The van der Waals surface area contributed by atoms with Crippen molar-refractivity contribution in [2.24, 2.45) is 7.05 Å².